The van der Waals surface area contributed by atoms with Gasteiger partial charge in [0.15, 0.2) is 0 Å². The normalized spacial score (nSPS) is 11.2. The number of hydrogen-bond donors (Lipinski definition) is 1. The lowest BCUT2D eigenvalue weighted by molar-refractivity contribution is -0.154. The third-order valence-electron chi connectivity index (χ3n) is 2.32. The van der Waals surface area contributed by atoms with E-state index in [4.69, 9.17) is 10.5 Å². The molecule has 0 fully saturated rings. The molecule has 0 saturated carbocycles. The summed E-state index contributed by atoms with van der Waals surface area (Å²) in [7, 11) is 0. The molecule has 0 radical (unpaired) electrons. The molecule has 0 heterocycles. The maximum atomic E-state index is 11.6. The van der Waals surface area contributed by atoms with Crippen molar-refractivity contribution in [1.29, 1.82) is 0 Å². The number of carbonyl (C=O) groups is 1. The highest BCUT2D eigenvalue weighted by molar-refractivity contribution is 9.10. The Morgan fingerprint density at radius 3 is 2.75 bits per heavy atom. The highest BCUT2D eigenvalue weighted by Crippen LogP contribution is 2.17. The fourth-order valence-corrected chi connectivity index (χ4v) is 1.50. The van der Waals surface area contributed by atoms with Gasteiger partial charge in [0.2, 0.25) is 0 Å². The van der Waals surface area contributed by atoms with Crippen molar-refractivity contribution in [3.05, 3.63) is 34.3 Å². The van der Waals surface area contributed by atoms with E-state index in [1.165, 1.54) is 0 Å². The molecule has 1 rings (SSSR count). The zero-order valence-corrected chi connectivity index (χ0v) is 11.1. The highest BCUT2D eigenvalue weighted by atomic mass is 79.9. The van der Waals surface area contributed by atoms with Crippen LogP contribution in [0.5, 0.6) is 0 Å². The lowest BCUT2D eigenvalue weighted by Gasteiger charge is -2.20. The van der Waals surface area contributed by atoms with Gasteiger partial charge in [-0.3, -0.25) is 4.79 Å². The second-order valence-electron chi connectivity index (χ2n) is 4.29. The molecule has 0 bridgehead atoms. The predicted molar refractivity (Wildman–Crippen MR) is 66.8 cm³/mol. The average Bonchev–Trinajstić information content (AvgIpc) is 2.26. The molecule has 0 saturated heterocycles. The number of esters is 1. The lowest BCUT2D eigenvalue weighted by atomic mass is 9.94. The number of hydrogen-bond acceptors (Lipinski definition) is 3. The van der Waals surface area contributed by atoms with Crippen LogP contribution in [-0.2, 0) is 16.1 Å². The fraction of sp³-hybridized carbons (Fsp3) is 0.417. The van der Waals surface area contributed by atoms with Crippen LogP contribution in [0.3, 0.4) is 0 Å². The Balaban J connectivity index is 2.56. The minimum absolute atomic E-state index is 0.269. The van der Waals surface area contributed by atoms with Gasteiger partial charge in [-0.15, -0.1) is 0 Å². The first-order valence-corrected chi connectivity index (χ1v) is 5.87. The molecule has 2 N–H and O–H groups in total. The van der Waals surface area contributed by atoms with Crippen LogP contribution in [0.25, 0.3) is 0 Å². The summed E-state index contributed by atoms with van der Waals surface area (Å²) in [5.41, 5.74) is 5.83. The van der Waals surface area contributed by atoms with Crippen LogP contribution in [0, 0.1) is 5.41 Å². The Labute approximate surface area is 104 Å². The Bertz CT molecular complexity index is 377. The van der Waals surface area contributed by atoms with Crippen molar-refractivity contribution in [3.63, 3.8) is 0 Å². The standard InChI is InChI=1S/C12H16BrNO2/c1-12(2,8-14)11(15)16-7-9-4-3-5-10(13)6-9/h3-6H,7-8,14H2,1-2H3. The minimum Gasteiger partial charge on any atom is -0.460 e. The van der Waals surface area contributed by atoms with Gasteiger partial charge in [0.1, 0.15) is 6.61 Å². The Kier molecular flexibility index (Phi) is 4.50. The molecule has 1 aromatic carbocycles. The van der Waals surface area contributed by atoms with Crippen LogP contribution in [0.1, 0.15) is 19.4 Å². The van der Waals surface area contributed by atoms with Gasteiger partial charge in [0, 0.05) is 11.0 Å². The van der Waals surface area contributed by atoms with Crippen molar-refractivity contribution in [3.8, 4) is 0 Å². The van der Waals surface area contributed by atoms with E-state index in [1.807, 2.05) is 24.3 Å². The molecule has 0 unspecified atom stereocenters. The number of ether oxygens (including phenoxy) is 1. The average molecular weight is 286 g/mol. The van der Waals surface area contributed by atoms with Gasteiger partial charge in [-0.25, -0.2) is 0 Å². The summed E-state index contributed by atoms with van der Waals surface area (Å²) < 4.78 is 6.17. The van der Waals surface area contributed by atoms with Gasteiger partial charge < -0.3 is 10.5 Å². The zero-order chi connectivity index (χ0) is 12.2. The maximum absolute atomic E-state index is 11.6. The number of benzene rings is 1. The number of rotatable bonds is 4. The molecule has 0 atom stereocenters. The van der Waals surface area contributed by atoms with E-state index in [-0.39, 0.29) is 19.1 Å². The molecule has 0 spiro atoms. The van der Waals surface area contributed by atoms with E-state index in [1.54, 1.807) is 13.8 Å². The van der Waals surface area contributed by atoms with Crippen LogP contribution in [0.2, 0.25) is 0 Å². The molecule has 1 aromatic rings. The van der Waals surface area contributed by atoms with E-state index in [9.17, 15) is 4.79 Å². The summed E-state index contributed by atoms with van der Waals surface area (Å²) in [5.74, 6) is -0.269. The second-order valence-corrected chi connectivity index (χ2v) is 5.21. The maximum Gasteiger partial charge on any atom is 0.313 e. The number of nitrogens with two attached hydrogens (primary N) is 1. The smallest absolute Gasteiger partial charge is 0.313 e. The molecule has 3 nitrogen and oxygen atoms in total. The van der Waals surface area contributed by atoms with E-state index < -0.39 is 5.41 Å². The largest absolute Gasteiger partial charge is 0.460 e. The quantitative estimate of drug-likeness (QED) is 0.865. The molecular formula is C12H16BrNO2. The van der Waals surface area contributed by atoms with E-state index in [2.05, 4.69) is 15.9 Å². The van der Waals surface area contributed by atoms with Crippen molar-refractivity contribution in [2.24, 2.45) is 11.1 Å². The molecule has 4 heteroatoms. The van der Waals surface area contributed by atoms with Gasteiger partial charge in [0.05, 0.1) is 5.41 Å². The lowest BCUT2D eigenvalue weighted by Crippen LogP contribution is -2.34. The third-order valence-corrected chi connectivity index (χ3v) is 2.82. The van der Waals surface area contributed by atoms with Gasteiger partial charge >= 0.3 is 5.97 Å². The molecule has 16 heavy (non-hydrogen) atoms. The van der Waals surface area contributed by atoms with Crippen molar-refractivity contribution < 1.29 is 9.53 Å². The second kappa shape index (κ2) is 5.46. The van der Waals surface area contributed by atoms with Crippen molar-refractivity contribution in [1.82, 2.24) is 0 Å². The van der Waals surface area contributed by atoms with Crippen molar-refractivity contribution in [2.75, 3.05) is 6.54 Å². The predicted octanol–water partition coefficient (Wildman–Crippen LogP) is 2.48. The molecule has 88 valence electrons. The summed E-state index contributed by atoms with van der Waals surface area (Å²) in [6.07, 6.45) is 0. The van der Waals surface area contributed by atoms with Crippen LogP contribution in [-0.4, -0.2) is 12.5 Å². The first kappa shape index (κ1) is 13.2. The molecule has 0 amide bonds. The summed E-state index contributed by atoms with van der Waals surface area (Å²) >= 11 is 3.36. The Morgan fingerprint density at radius 1 is 1.50 bits per heavy atom. The van der Waals surface area contributed by atoms with Crippen molar-refractivity contribution >= 4 is 21.9 Å². The van der Waals surface area contributed by atoms with Gasteiger partial charge in [-0.2, -0.15) is 0 Å². The molecule has 0 aromatic heterocycles. The molecular weight excluding hydrogens is 270 g/mol. The molecule has 0 aliphatic heterocycles. The summed E-state index contributed by atoms with van der Waals surface area (Å²) in [6, 6.07) is 7.66. The summed E-state index contributed by atoms with van der Waals surface area (Å²) in [6.45, 7) is 4.11. The monoisotopic (exact) mass is 285 g/mol. The SMILES string of the molecule is CC(C)(CN)C(=O)OCc1cccc(Br)c1. The Morgan fingerprint density at radius 2 is 2.19 bits per heavy atom. The molecule has 0 aliphatic rings. The zero-order valence-electron chi connectivity index (χ0n) is 9.50. The molecule has 0 aliphatic carbocycles. The summed E-state index contributed by atoms with van der Waals surface area (Å²) in [4.78, 5) is 11.6. The van der Waals surface area contributed by atoms with Gasteiger partial charge in [-0.1, -0.05) is 28.1 Å². The van der Waals surface area contributed by atoms with Gasteiger partial charge in [0.25, 0.3) is 0 Å². The highest BCUT2D eigenvalue weighted by Gasteiger charge is 2.27. The minimum atomic E-state index is -0.619. The van der Waals surface area contributed by atoms with Crippen molar-refractivity contribution in [2.45, 2.75) is 20.5 Å². The fourth-order valence-electron chi connectivity index (χ4n) is 1.05. The van der Waals surface area contributed by atoms with Gasteiger partial charge in [-0.05, 0) is 31.5 Å². The third kappa shape index (κ3) is 3.61. The number of carbonyl (C=O) groups excluding carboxylic acids is 1. The van der Waals surface area contributed by atoms with Crippen LogP contribution < -0.4 is 5.73 Å². The van der Waals surface area contributed by atoms with Crippen LogP contribution in [0.4, 0.5) is 0 Å². The van der Waals surface area contributed by atoms with E-state index in [0.717, 1.165) is 10.0 Å². The first-order valence-electron chi connectivity index (χ1n) is 5.07. The number of halogens is 1. The summed E-state index contributed by atoms with van der Waals surface area (Å²) in [5, 5.41) is 0. The van der Waals surface area contributed by atoms with E-state index in [0.29, 0.717) is 0 Å². The first-order chi connectivity index (χ1) is 7.45. The van der Waals surface area contributed by atoms with Crippen LogP contribution >= 0.6 is 15.9 Å². The topological polar surface area (TPSA) is 52.3 Å². The van der Waals surface area contributed by atoms with Crippen LogP contribution in [0.15, 0.2) is 28.7 Å². The Hall–Kier alpha value is -0.870. The van der Waals surface area contributed by atoms with E-state index >= 15 is 0 Å².